The van der Waals surface area contributed by atoms with E-state index in [0.717, 1.165) is 23.8 Å². The fourth-order valence-electron chi connectivity index (χ4n) is 1.80. The van der Waals surface area contributed by atoms with E-state index < -0.39 is 0 Å². The van der Waals surface area contributed by atoms with Crippen LogP contribution in [-0.2, 0) is 0 Å². The van der Waals surface area contributed by atoms with Crippen molar-refractivity contribution in [2.45, 2.75) is 12.8 Å². The fourth-order valence-corrected chi connectivity index (χ4v) is 1.98. The lowest BCUT2D eigenvalue weighted by Crippen LogP contribution is -2.06. The van der Waals surface area contributed by atoms with Crippen LogP contribution in [0.5, 0.6) is 0 Å². The van der Waals surface area contributed by atoms with Gasteiger partial charge in [-0.15, -0.1) is 0 Å². The van der Waals surface area contributed by atoms with Gasteiger partial charge in [-0.1, -0.05) is 41.9 Å². The second-order valence-corrected chi connectivity index (χ2v) is 4.98. The lowest BCUT2D eigenvalue weighted by atomic mass is 10.2. The number of aromatic nitrogens is 2. The normalized spacial score (nSPS) is 14.5. The summed E-state index contributed by atoms with van der Waals surface area (Å²) in [6.07, 6.45) is 2.63. The van der Waals surface area contributed by atoms with Crippen molar-refractivity contribution in [3.05, 3.63) is 41.6 Å². The molecule has 0 aliphatic heterocycles. The Morgan fingerprint density at radius 1 is 1.17 bits per heavy atom. The number of halogens is 1. The van der Waals surface area contributed by atoms with E-state index in [4.69, 9.17) is 11.6 Å². The minimum Gasteiger partial charge on any atom is -0.370 e. The molecule has 0 bridgehead atoms. The summed E-state index contributed by atoms with van der Waals surface area (Å²) < 4.78 is 0. The molecule has 3 rings (SSSR count). The second kappa shape index (κ2) is 4.94. The number of benzene rings is 1. The zero-order valence-electron chi connectivity index (χ0n) is 9.94. The van der Waals surface area contributed by atoms with Gasteiger partial charge in [-0.25, -0.2) is 9.97 Å². The summed E-state index contributed by atoms with van der Waals surface area (Å²) in [4.78, 5) is 8.76. The smallest absolute Gasteiger partial charge is 0.163 e. The summed E-state index contributed by atoms with van der Waals surface area (Å²) in [7, 11) is 0. The zero-order valence-corrected chi connectivity index (χ0v) is 10.7. The van der Waals surface area contributed by atoms with Crippen LogP contribution in [0, 0.1) is 5.92 Å². The van der Waals surface area contributed by atoms with Crippen LogP contribution in [0.25, 0.3) is 11.4 Å². The van der Waals surface area contributed by atoms with Gasteiger partial charge in [0, 0.05) is 18.2 Å². The van der Waals surface area contributed by atoms with Crippen molar-refractivity contribution >= 4 is 17.4 Å². The number of hydrogen-bond acceptors (Lipinski definition) is 3. The predicted octanol–water partition coefficient (Wildman–Crippen LogP) is 3.62. The summed E-state index contributed by atoms with van der Waals surface area (Å²) in [5.41, 5.74) is 0.981. The van der Waals surface area contributed by atoms with Gasteiger partial charge in [0.2, 0.25) is 0 Å². The van der Waals surface area contributed by atoms with Crippen LogP contribution in [-0.4, -0.2) is 16.5 Å². The molecule has 0 unspecified atom stereocenters. The van der Waals surface area contributed by atoms with E-state index in [1.54, 1.807) is 6.07 Å². The SMILES string of the molecule is Clc1cc(NCC2CC2)nc(-c2ccccc2)n1. The van der Waals surface area contributed by atoms with Gasteiger partial charge < -0.3 is 5.32 Å². The molecule has 1 aliphatic rings. The Morgan fingerprint density at radius 2 is 1.94 bits per heavy atom. The zero-order chi connectivity index (χ0) is 12.4. The molecular weight excluding hydrogens is 246 g/mol. The number of nitrogens with one attached hydrogen (secondary N) is 1. The van der Waals surface area contributed by atoms with Crippen LogP contribution >= 0.6 is 11.6 Å². The van der Waals surface area contributed by atoms with Crippen molar-refractivity contribution in [2.75, 3.05) is 11.9 Å². The number of hydrogen-bond donors (Lipinski definition) is 1. The number of anilines is 1. The van der Waals surface area contributed by atoms with Crippen LogP contribution in [0.4, 0.5) is 5.82 Å². The van der Waals surface area contributed by atoms with E-state index >= 15 is 0 Å². The highest BCUT2D eigenvalue weighted by molar-refractivity contribution is 6.29. The molecule has 1 fully saturated rings. The Morgan fingerprint density at radius 3 is 2.67 bits per heavy atom. The maximum atomic E-state index is 6.04. The van der Waals surface area contributed by atoms with Gasteiger partial charge in [0.1, 0.15) is 11.0 Å². The van der Waals surface area contributed by atoms with Gasteiger partial charge in [-0.05, 0) is 18.8 Å². The van der Waals surface area contributed by atoms with Crippen molar-refractivity contribution in [1.82, 2.24) is 9.97 Å². The van der Waals surface area contributed by atoms with Crippen molar-refractivity contribution in [1.29, 1.82) is 0 Å². The average molecular weight is 260 g/mol. The maximum absolute atomic E-state index is 6.04. The molecule has 4 heteroatoms. The monoisotopic (exact) mass is 259 g/mol. The molecule has 0 radical (unpaired) electrons. The van der Waals surface area contributed by atoms with Crippen LogP contribution in [0.2, 0.25) is 5.15 Å². The third kappa shape index (κ3) is 2.79. The van der Waals surface area contributed by atoms with E-state index in [1.807, 2.05) is 30.3 Å². The van der Waals surface area contributed by atoms with Crippen LogP contribution in [0.15, 0.2) is 36.4 Å². The summed E-state index contributed by atoms with van der Waals surface area (Å²) in [6.45, 7) is 0.974. The highest BCUT2D eigenvalue weighted by atomic mass is 35.5. The Bertz CT molecular complexity index is 538. The van der Waals surface area contributed by atoms with Gasteiger partial charge >= 0.3 is 0 Å². The highest BCUT2D eigenvalue weighted by Gasteiger charge is 2.20. The Kier molecular flexibility index (Phi) is 3.15. The summed E-state index contributed by atoms with van der Waals surface area (Å²) in [5, 5.41) is 3.80. The van der Waals surface area contributed by atoms with E-state index in [2.05, 4.69) is 15.3 Å². The summed E-state index contributed by atoms with van der Waals surface area (Å²) in [6, 6.07) is 11.6. The molecule has 2 aromatic rings. The van der Waals surface area contributed by atoms with Crippen molar-refractivity contribution < 1.29 is 0 Å². The van der Waals surface area contributed by atoms with Gasteiger partial charge in [0.05, 0.1) is 0 Å². The minimum atomic E-state index is 0.474. The van der Waals surface area contributed by atoms with Crippen molar-refractivity contribution in [2.24, 2.45) is 5.92 Å². The number of rotatable bonds is 4. The Labute approximate surface area is 111 Å². The highest BCUT2D eigenvalue weighted by Crippen LogP contribution is 2.29. The van der Waals surface area contributed by atoms with E-state index in [-0.39, 0.29) is 0 Å². The fraction of sp³-hybridized carbons (Fsp3) is 0.286. The molecule has 1 aromatic heterocycles. The van der Waals surface area contributed by atoms with Gasteiger partial charge in [-0.2, -0.15) is 0 Å². The lowest BCUT2D eigenvalue weighted by molar-refractivity contribution is 0.881. The molecule has 0 spiro atoms. The first-order chi connectivity index (χ1) is 8.81. The molecule has 1 saturated carbocycles. The first-order valence-corrected chi connectivity index (χ1v) is 6.53. The molecule has 0 amide bonds. The molecule has 0 atom stereocenters. The van der Waals surface area contributed by atoms with Crippen LogP contribution in [0.3, 0.4) is 0 Å². The topological polar surface area (TPSA) is 37.8 Å². The molecule has 1 aromatic carbocycles. The maximum Gasteiger partial charge on any atom is 0.163 e. The molecular formula is C14H14ClN3. The van der Waals surface area contributed by atoms with Gasteiger partial charge in [0.25, 0.3) is 0 Å². The van der Waals surface area contributed by atoms with Gasteiger partial charge in [0.15, 0.2) is 5.82 Å². The minimum absolute atomic E-state index is 0.474. The summed E-state index contributed by atoms with van der Waals surface area (Å²) in [5.74, 6) is 2.28. The molecule has 1 aliphatic carbocycles. The molecule has 1 heterocycles. The third-order valence-corrected chi connectivity index (χ3v) is 3.19. The standard InChI is InChI=1S/C14H14ClN3/c15-12-8-13(16-9-10-6-7-10)18-14(17-12)11-4-2-1-3-5-11/h1-5,8,10H,6-7,9H2,(H,16,17,18). The van der Waals surface area contributed by atoms with E-state index in [9.17, 15) is 0 Å². The quantitative estimate of drug-likeness (QED) is 0.853. The molecule has 92 valence electrons. The van der Waals surface area contributed by atoms with E-state index in [1.165, 1.54) is 12.8 Å². The van der Waals surface area contributed by atoms with Crippen molar-refractivity contribution in [3.63, 3.8) is 0 Å². The van der Waals surface area contributed by atoms with Gasteiger partial charge in [-0.3, -0.25) is 0 Å². The third-order valence-electron chi connectivity index (χ3n) is 3.00. The Hall–Kier alpha value is -1.61. The number of nitrogens with zero attached hydrogens (tertiary/aromatic N) is 2. The molecule has 0 saturated heterocycles. The van der Waals surface area contributed by atoms with E-state index in [0.29, 0.717) is 11.0 Å². The summed E-state index contributed by atoms with van der Waals surface area (Å²) >= 11 is 6.04. The predicted molar refractivity (Wildman–Crippen MR) is 73.7 cm³/mol. The second-order valence-electron chi connectivity index (χ2n) is 4.59. The first kappa shape index (κ1) is 11.5. The Balaban J connectivity index is 1.85. The van der Waals surface area contributed by atoms with Crippen LogP contribution in [0.1, 0.15) is 12.8 Å². The molecule has 3 nitrogen and oxygen atoms in total. The molecule has 1 N–H and O–H groups in total. The van der Waals surface area contributed by atoms with Crippen molar-refractivity contribution in [3.8, 4) is 11.4 Å². The average Bonchev–Trinajstić information content (AvgIpc) is 3.21. The van der Waals surface area contributed by atoms with Crippen LogP contribution < -0.4 is 5.32 Å². The molecule has 18 heavy (non-hydrogen) atoms. The first-order valence-electron chi connectivity index (χ1n) is 6.15. The lowest BCUT2D eigenvalue weighted by Gasteiger charge is -2.07. The largest absolute Gasteiger partial charge is 0.370 e.